The lowest BCUT2D eigenvalue weighted by molar-refractivity contribution is 0.325. The van der Waals surface area contributed by atoms with Gasteiger partial charge in [-0.3, -0.25) is 0 Å². The number of aromatic nitrogens is 1. The molecule has 4 heteroatoms. The van der Waals surface area contributed by atoms with Crippen molar-refractivity contribution in [3.8, 4) is 6.07 Å². The van der Waals surface area contributed by atoms with Gasteiger partial charge in [0.1, 0.15) is 0 Å². The summed E-state index contributed by atoms with van der Waals surface area (Å²) in [4.78, 5) is 7.76. The van der Waals surface area contributed by atoms with Gasteiger partial charge >= 0.3 is 0 Å². The molecule has 76 valence electrons. The number of hydrogen-bond acceptors (Lipinski definition) is 4. The normalized spacial score (nSPS) is 10.4. The van der Waals surface area contributed by atoms with Crippen LogP contribution in [0.4, 0.5) is 0 Å². The van der Waals surface area contributed by atoms with Crippen molar-refractivity contribution in [2.45, 2.75) is 26.3 Å². The Hall–Kier alpha value is -0.920. The Morgan fingerprint density at radius 3 is 3.00 bits per heavy atom. The summed E-state index contributed by atoms with van der Waals surface area (Å²) in [7, 11) is 2.08. The van der Waals surface area contributed by atoms with Gasteiger partial charge in [-0.15, -0.1) is 11.3 Å². The summed E-state index contributed by atoms with van der Waals surface area (Å²) in [6, 6.07) is 2.16. The maximum atomic E-state index is 8.40. The van der Waals surface area contributed by atoms with Crippen LogP contribution in [0.15, 0.2) is 5.51 Å². The molecular formula is C10H15N3S. The maximum absolute atomic E-state index is 8.40. The quantitative estimate of drug-likeness (QED) is 0.698. The summed E-state index contributed by atoms with van der Waals surface area (Å²) in [6.07, 6.45) is 1.59. The van der Waals surface area contributed by atoms with Crippen LogP contribution in [0.1, 0.15) is 23.4 Å². The second-order valence-electron chi connectivity index (χ2n) is 3.36. The molecule has 1 aromatic rings. The van der Waals surface area contributed by atoms with Crippen molar-refractivity contribution in [1.82, 2.24) is 9.88 Å². The van der Waals surface area contributed by atoms with Gasteiger partial charge in [0.15, 0.2) is 0 Å². The van der Waals surface area contributed by atoms with E-state index in [4.69, 9.17) is 5.26 Å². The Labute approximate surface area is 89.0 Å². The summed E-state index contributed by atoms with van der Waals surface area (Å²) < 4.78 is 0. The number of unbranched alkanes of at least 4 members (excludes halogenated alkanes) is 1. The molecule has 1 rings (SSSR count). The molecule has 0 aliphatic heterocycles. The minimum atomic E-state index is 0.645. The molecule has 1 heterocycles. The van der Waals surface area contributed by atoms with Crippen LogP contribution in [0.25, 0.3) is 0 Å². The van der Waals surface area contributed by atoms with Crippen molar-refractivity contribution < 1.29 is 0 Å². The number of nitriles is 1. The van der Waals surface area contributed by atoms with Gasteiger partial charge in [-0.25, -0.2) is 4.98 Å². The summed E-state index contributed by atoms with van der Waals surface area (Å²) >= 11 is 1.70. The predicted molar refractivity (Wildman–Crippen MR) is 58.0 cm³/mol. The van der Waals surface area contributed by atoms with E-state index in [-0.39, 0.29) is 0 Å². The molecule has 0 fully saturated rings. The van der Waals surface area contributed by atoms with E-state index < -0.39 is 0 Å². The van der Waals surface area contributed by atoms with E-state index in [1.165, 1.54) is 4.88 Å². The van der Waals surface area contributed by atoms with Crippen LogP contribution in [-0.4, -0.2) is 23.5 Å². The van der Waals surface area contributed by atoms with E-state index in [1.54, 1.807) is 11.3 Å². The van der Waals surface area contributed by atoms with Gasteiger partial charge in [-0.05, 0) is 26.9 Å². The minimum Gasteiger partial charge on any atom is -0.301 e. The van der Waals surface area contributed by atoms with E-state index in [2.05, 4.69) is 23.0 Å². The Morgan fingerprint density at radius 1 is 1.64 bits per heavy atom. The first-order valence-corrected chi connectivity index (χ1v) is 5.56. The molecule has 0 saturated carbocycles. The number of aryl methyl sites for hydroxylation is 1. The van der Waals surface area contributed by atoms with E-state index in [0.29, 0.717) is 6.42 Å². The summed E-state index contributed by atoms with van der Waals surface area (Å²) in [5.41, 5.74) is 3.01. The molecule has 0 aromatic carbocycles. The Bertz CT molecular complexity index is 313. The minimum absolute atomic E-state index is 0.645. The van der Waals surface area contributed by atoms with E-state index >= 15 is 0 Å². The van der Waals surface area contributed by atoms with E-state index in [1.807, 2.05) is 12.4 Å². The highest BCUT2D eigenvalue weighted by molar-refractivity contribution is 7.09. The first-order chi connectivity index (χ1) is 6.74. The molecule has 0 saturated heterocycles. The Morgan fingerprint density at radius 2 is 2.43 bits per heavy atom. The zero-order valence-corrected chi connectivity index (χ0v) is 9.47. The molecule has 1 aromatic heterocycles. The topological polar surface area (TPSA) is 39.9 Å². The molecule has 0 aliphatic rings. The Kier molecular flexibility index (Phi) is 4.57. The maximum Gasteiger partial charge on any atom is 0.0798 e. The Balaban J connectivity index is 2.31. The predicted octanol–water partition coefficient (Wildman–Crippen LogP) is 2.19. The summed E-state index contributed by atoms with van der Waals surface area (Å²) in [6.45, 7) is 3.96. The number of rotatable bonds is 5. The van der Waals surface area contributed by atoms with Gasteiger partial charge in [-0.2, -0.15) is 5.26 Å². The van der Waals surface area contributed by atoms with Gasteiger partial charge in [-0.1, -0.05) is 0 Å². The monoisotopic (exact) mass is 209 g/mol. The van der Waals surface area contributed by atoms with Gasteiger partial charge in [0, 0.05) is 17.8 Å². The molecular weight excluding hydrogens is 194 g/mol. The lowest BCUT2D eigenvalue weighted by Gasteiger charge is -2.14. The smallest absolute Gasteiger partial charge is 0.0798 e. The molecule has 0 bridgehead atoms. The third-order valence-electron chi connectivity index (χ3n) is 2.09. The molecule has 0 spiro atoms. The van der Waals surface area contributed by atoms with Crippen molar-refractivity contribution in [1.29, 1.82) is 5.26 Å². The molecule has 0 atom stereocenters. The summed E-state index contributed by atoms with van der Waals surface area (Å²) in [5, 5.41) is 8.40. The van der Waals surface area contributed by atoms with Crippen LogP contribution in [0.5, 0.6) is 0 Å². The van der Waals surface area contributed by atoms with Gasteiger partial charge < -0.3 is 4.90 Å². The fraction of sp³-hybridized carbons (Fsp3) is 0.600. The zero-order chi connectivity index (χ0) is 10.4. The lowest BCUT2D eigenvalue weighted by atomic mass is 10.3. The van der Waals surface area contributed by atoms with Crippen molar-refractivity contribution in [2.24, 2.45) is 0 Å². The number of thiazole rings is 1. The van der Waals surface area contributed by atoms with Crippen LogP contribution in [-0.2, 0) is 6.54 Å². The second-order valence-corrected chi connectivity index (χ2v) is 4.30. The molecule has 0 N–H and O–H groups in total. The van der Waals surface area contributed by atoms with Crippen LogP contribution < -0.4 is 0 Å². The molecule has 0 amide bonds. The SMILES string of the molecule is Cc1ncsc1CN(C)CCCC#N. The van der Waals surface area contributed by atoms with Crippen molar-refractivity contribution >= 4 is 11.3 Å². The van der Waals surface area contributed by atoms with E-state index in [0.717, 1.165) is 25.2 Å². The van der Waals surface area contributed by atoms with E-state index in [9.17, 15) is 0 Å². The first kappa shape index (κ1) is 11.2. The zero-order valence-electron chi connectivity index (χ0n) is 8.66. The van der Waals surface area contributed by atoms with Crippen LogP contribution in [0.2, 0.25) is 0 Å². The largest absolute Gasteiger partial charge is 0.301 e. The molecule has 0 aliphatic carbocycles. The lowest BCUT2D eigenvalue weighted by Crippen LogP contribution is -2.18. The van der Waals surface area contributed by atoms with Gasteiger partial charge in [0.2, 0.25) is 0 Å². The van der Waals surface area contributed by atoms with Gasteiger partial charge in [0.05, 0.1) is 17.3 Å². The fourth-order valence-electron chi connectivity index (χ4n) is 1.23. The second kappa shape index (κ2) is 5.74. The standard InChI is InChI=1S/C10H15N3S/c1-9-10(14-8-12-9)7-13(2)6-4-3-5-11/h8H,3-4,6-7H2,1-2H3. The molecule has 3 nitrogen and oxygen atoms in total. The average molecular weight is 209 g/mol. The van der Waals surface area contributed by atoms with Gasteiger partial charge in [0.25, 0.3) is 0 Å². The third-order valence-corrected chi connectivity index (χ3v) is 3.01. The number of hydrogen-bond donors (Lipinski definition) is 0. The highest BCUT2D eigenvalue weighted by Crippen LogP contribution is 2.14. The van der Waals surface area contributed by atoms with Crippen LogP contribution in [0.3, 0.4) is 0 Å². The van der Waals surface area contributed by atoms with Crippen LogP contribution >= 0.6 is 11.3 Å². The number of nitrogens with zero attached hydrogens (tertiary/aromatic N) is 3. The molecule has 0 radical (unpaired) electrons. The average Bonchev–Trinajstić information content (AvgIpc) is 2.52. The first-order valence-electron chi connectivity index (χ1n) is 4.68. The van der Waals surface area contributed by atoms with Crippen LogP contribution in [0, 0.1) is 18.3 Å². The highest BCUT2D eigenvalue weighted by Gasteiger charge is 2.04. The third kappa shape index (κ3) is 3.44. The highest BCUT2D eigenvalue weighted by atomic mass is 32.1. The van der Waals surface area contributed by atoms with Crippen molar-refractivity contribution in [3.63, 3.8) is 0 Å². The molecule has 14 heavy (non-hydrogen) atoms. The molecule has 0 unspecified atom stereocenters. The van der Waals surface area contributed by atoms with Crippen molar-refractivity contribution in [3.05, 3.63) is 16.1 Å². The van der Waals surface area contributed by atoms with Crippen molar-refractivity contribution in [2.75, 3.05) is 13.6 Å². The summed E-state index contributed by atoms with van der Waals surface area (Å²) in [5.74, 6) is 0. The fourth-order valence-corrected chi connectivity index (χ4v) is 2.09.